The van der Waals surface area contributed by atoms with Crippen molar-refractivity contribution in [1.29, 1.82) is 5.26 Å². The van der Waals surface area contributed by atoms with Crippen LogP contribution in [0.5, 0.6) is 0 Å². The largest absolute Gasteiger partial charge is 0.380 e. The lowest BCUT2D eigenvalue weighted by molar-refractivity contribution is 0.0625. The summed E-state index contributed by atoms with van der Waals surface area (Å²) in [6, 6.07) is 8.91. The quantitative estimate of drug-likeness (QED) is 0.837. The molecule has 3 rings (SSSR count). The molecule has 7 heteroatoms. The van der Waals surface area contributed by atoms with Crippen LogP contribution in [-0.2, 0) is 20.5 Å². The molecule has 2 atom stereocenters. The van der Waals surface area contributed by atoms with Gasteiger partial charge in [0.1, 0.15) is 0 Å². The zero-order valence-electron chi connectivity index (χ0n) is 12.1. The fourth-order valence-corrected chi connectivity index (χ4v) is 6.31. The lowest BCUT2D eigenvalue weighted by atomic mass is 10.1. The number of hydrogen-bond acceptors (Lipinski definition) is 5. The van der Waals surface area contributed by atoms with Gasteiger partial charge in [0.05, 0.1) is 24.0 Å². The SMILES string of the molecule is N#Cc1cccc(CS(=O)(=O)N2CCS[C@@H]3COCC[C@H]32)c1. The second kappa shape index (κ2) is 6.59. The summed E-state index contributed by atoms with van der Waals surface area (Å²) in [4.78, 5) is 0. The molecule has 118 valence electrons. The van der Waals surface area contributed by atoms with Gasteiger partial charge in [0.25, 0.3) is 0 Å². The predicted octanol–water partition coefficient (Wildman–Crippen LogP) is 1.59. The summed E-state index contributed by atoms with van der Waals surface area (Å²) in [5.41, 5.74) is 1.16. The molecule has 2 aliphatic heterocycles. The van der Waals surface area contributed by atoms with Crippen molar-refractivity contribution in [2.75, 3.05) is 25.5 Å². The molecule has 0 N–H and O–H groups in total. The van der Waals surface area contributed by atoms with Gasteiger partial charge in [0.15, 0.2) is 0 Å². The zero-order chi connectivity index (χ0) is 15.6. The van der Waals surface area contributed by atoms with Crippen LogP contribution >= 0.6 is 11.8 Å². The number of hydrogen-bond donors (Lipinski definition) is 0. The Morgan fingerprint density at radius 3 is 3.14 bits per heavy atom. The minimum atomic E-state index is -3.38. The topological polar surface area (TPSA) is 70.4 Å². The molecule has 2 heterocycles. The zero-order valence-corrected chi connectivity index (χ0v) is 13.8. The summed E-state index contributed by atoms with van der Waals surface area (Å²) in [6.45, 7) is 1.81. The van der Waals surface area contributed by atoms with Crippen molar-refractivity contribution in [3.8, 4) is 6.07 Å². The minimum absolute atomic E-state index is 0.0386. The van der Waals surface area contributed by atoms with Gasteiger partial charge >= 0.3 is 0 Å². The van der Waals surface area contributed by atoms with Crippen molar-refractivity contribution >= 4 is 21.8 Å². The molecule has 5 nitrogen and oxygen atoms in total. The van der Waals surface area contributed by atoms with Gasteiger partial charge < -0.3 is 4.74 Å². The van der Waals surface area contributed by atoms with Crippen LogP contribution in [0.4, 0.5) is 0 Å². The van der Waals surface area contributed by atoms with Gasteiger partial charge in [-0.1, -0.05) is 12.1 Å². The number of benzene rings is 1. The molecular weight excluding hydrogens is 320 g/mol. The maximum Gasteiger partial charge on any atom is 0.218 e. The van der Waals surface area contributed by atoms with Crippen LogP contribution in [0.1, 0.15) is 17.5 Å². The molecule has 0 aliphatic carbocycles. The van der Waals surface area contributed by atoms with Crippen molar-refractivity contribution < 1.29 is 13.2 Å². The highest BCUT2D eigenvalue weighted by Gasteiger charge is 2.40. The van der Waals surface area contributed by atoms with Gasteiger partial charge in [0.2, 0.25) is 10.0 Å². The molecule has 0 unspecified atom stereocenters. The number of nitriles is 1. The van der Waals surface area contributed by atoms with E-state index in [-0.39, 0.29) is 17.0 Å². The van der Waals surface area contributed by atoms with E-state index in [9.17, 15) is 8.42 Å². The molecule has 22 heavy (non-hydrogen) atoms. The van der Waals surface area contributed by atoms with Crippen molar-refractivity contribution in [1.82, 2.24) is 4.31 Å². The molecule has 2 aliphatic rings. The number of rotatable bonds is 3. The third-order valence-electron chi connectivity index (χ3n) is 4.05. The average molecular weight is 338 g/mol. The summed E-state index contributed by atoms with van der Waals surface area (Å²) in [5.74, 6) is 0.763. The Bertz CT molecular complexity index is 682. The smallest absolute Gasteiger partial charge is 0.218 e. The van der Waals surface area contributed by atoms with E-state index in [4.69, 9.17) is 10.00 Å². The Balaban J connectivity index is 1.80. The Labute approximate surface area is 135 Å². The van der Waals surface area contributed by atoms with Crippen LogP contribution in [-0.4, -0.2) is 49.5 Å². The summed E-state index contributed by atoms with van der Waals surface area (Å²) >= 11 is 1.81. The highest BCUT2D eigenvalue weighted by atomic mass is 32.2. The fraction of sp³-hybridized carbons (Fsp3) is 0.533. The molecule has 0 saturated carbocycles. The van der Waals surface area contributed by atoms with Gasteiger partial charge in [-0.05, 0) is 24.1 Å². The Morgan fingerprint density at radius 1 is 1.45 bits per heavy atom. The van der Waals surface area contributed by atoms with E-state index >= 15 is 0 Å². The molecule has 1 aromatic rings. The average Bonchev–Trinajstić information content (AvgIpc) is 2.54. The third-order valence-corrected chi connectivity index (χ3v) is 7.21. The van der Waals surface area contributed by atoms with E-state index in [1.54, 1.807) is 40.3 Å². The molecule has 1 aromatic carbocycles. The van der Waals surface area contributed by atoms with Crippen molar-refractivity contribution in [3.63, 3.8) is 0 Å². The summed E-state index contributed by atoms with van der Waals surface area (Å²) in [6.07, 6.45) is 0.759. The summed E-state index contributed by atoms with van der Waals surface area (Å²) in [5, 5.41) is 9.18. The molecule has 0 bridgehead atoms. The predicted molar refractivity (Wildman–Crippen MR) is 86.0 cm³/mol. The van der Waals surface area contributed by atoms with Crippen LogP contribution in [0.2, 0.25) is 0 Å². The number of thioether (sulfide) groups is 1. The lowest BCUT2D eigenvalue weighted by Gasteiger charge is -2.42. The van der Waals surface area contributed by atoms with Gasteiger partial charge in [-0.3, -0.25) is 0 Å². The van der Waals surface area contributed by atoms with E-state index in [2.05, 4.69) is 0 Å². The molecule has 0 spiro atoms. The number of sulfonamides is 1. The number of ether oxygens (including phenoxy) is 1. The van der Waals surface area contributed by atoms with Crippen LogP contribution in [0.3, 0.4) is 0 Å². The Morgan fingerprint density at radius 2 is 2.32 bits per heavy atom. The molecule has 0 radical (unpaired) electrons. The first-order valence-electron chi connectivity index (χ1n) is 7.28. The normalized spacial score (nSPS) is 26.1. The van der Waals surface area contributed by atoms with Crippen LogP contribution in [0, 0.1) is 11.3 Å². The van der Waals surface area contributed by atoms with Crippen LogP contribution in [0.15, 0.2) is 24.3 Å². The van der Waals surface area contributed by atoms with Crippen molar-refractivity contribution in [2.24, 2.45) is 0 Å². The van der Waals surface area contributed by atoms with E-state index < -0.39 is 10.0 Å². The van der Waals surface area contributed by atoms with E-state index in [1.807, 2.05) is 6.07 Å². The van der Waals surface area contributed by atoms with E-state index in [0.29, 0.717) is 30.9 Å². The first-order valence-corrected chi connectivity index (χ1v) is 9.94. The highest BCUT2D eigenvalue weighted by molar-refractivity contribution is 8.00. The van der Waals surface area contributed by atoms with Crippen LogP contribution in [0.25, 0.3) is 0 Å². The summed E-state index contributed by atoms with van der Waals surface area (Å²) < 4.78 is 32.7. The first-order chi connectivity index (χ1) is 10.6. The van der Waals surface area contributed by atoms with Crippen LogP contribution < -0.4 is 0 Å². The van der Waals surface area contributed by atoms with Crippen molar-refractivity contribution in [3.05, 3.63) is 35.4 Å². The van der Waals surface area contributed by atoms with Gasteiger partial charge in [0, 0.05) is 30.2 Å². The first kappa shape index (κ1) is 15.8. The van der Waals surface area contributed by atoms with Gasteiger partial charge in [-0.25, -0.2) is 8.42 Å². The third kappa shape index (κ3) is 3.30. The second-order valence-electron chi connectivity index (χ2n) is 5.52. The van der Waals surface area contributed by atoms with Gasteiger partial charge in [-0.2, -0.15) is 21.3 Å². The molecule has 0 amide bonds. The number of nitrogens with zero attached hydrogens (tertiary/aromatic N) is 2. The second-order valence-corrected chi connectivity index (χ2v) is 8.79. The Hall–Kier alpha value is -1.07. The van der Waals surface area contributed by atoms with E-state index in [1.165, 1.54) is 0 Å². The monoisotopic (exact) mass is 338 g/mol. The molecule has 2 saturated heterocycles. The Kier molecular flexibility index (Phi) is 4.73. The van der Waals surface area contributed by atoms with E-state index in [0.717, 1.165) is 12.2 Å². The lowest BCUT2D eigenvalue weighted by Crippen LogP contribution is -2.54. The molecule has 0 aromatic heterocycles. The summed E-state index contributed by atoms with van der Waals surface area (Å²) in [7, 11) is -3.38. The maximum atomic E-state index is 12.8. The fourth-order valence-electron chi connectivity index (χ4n) is 3.02. The van der Waals surface area contributed by atoms with Gasteiger partial charge in [-0.15, -0.1) is 0 Å². The maximum absolute atomic E-state index is 12.8. The molecular formula is C15H18N2O3S2. The van der Waals surface area contributed by atoms with Crippen molar-refractivity contribution in [2.45, 2.75) is 23.5 Å². The highest BCUT2D eigenvalue weighted by Crippen LogP contribution is 2.32. The molecule has 2 fully saturated rings. The standard InChI is InChI=1S/C15H18N2O3S2/c16-9-12-2-1-3-13(8-12)11-22(18,19)17-5-7-21-15-10-20-6-4-14(15)17/h1-3,8,14-15H,4-7,10-11H2/t14-,15-/m1/s1. The minimum Gasteiger partial charge on any atom is -0.380 e. The number of fused-ring (bicyclic) bond motifs is 1.